The molecule has 0 aliphatic heterocycles. The Morgan fingerprint density at radius 1 is 0.971 bits per heavy atom. The number of Topliss-reactive ketones (excluding diaryl/α,β-unsaturated/α-hetero) is 1. The van der Waals surface area contributed by atoms with Gasteiger partial charge in [0.1, 0.15) is 5.78 Å². The zero-order valence-corrected chi connectivity index (χ0v) is 23.0. The second kappa shape index (κ2) is 11.7. The van der Waals surface area contributed by atoms with Gasteiger partial charge in [0.2, 0.25) is 5.91 Å². The molecule has 4 fully saturated rings. The number of hydrogen-bond donors (Lipinski definition) is 2. The van der Waals surface area contributed by atoms with Gasteiger partial charge >= 0.3 is 0 Å². The highest BCUT2D eigenvalue weighted by molar-refractivity contribution is 5.79. The van der Waals surface area contributed by atoms with Gasteiger partial charge in [0, 0.05) is 25.8 Å². The first-order valence-corrected chi connectivity index (χ1v) is 15.3. The Labute approximate surface area is 214 Å². The molecular weight excluding hydrogens is 434 g/mol. The van der Waals surface area contributed by atoms with Gasteiger partial charge in [0.25, 0.3) is 0 Å². The number of ketones is 1. The normalized spacial score (nSPS) is 40.6. The molecular formula is C31H53NO3. The van der Waals surface area contributed by atoms with Gasteiger partial charge in [0.15, 0.2) is 0 Å². The Hall–Kier alpha value is -0.900. The lowest BCUT2D eigenvalue weighted by Crippen LogP contribution is -2.57. The van der Waals surface area contributed by atoms with E-state index in [1.165, 1.54) is 51.4 Å². The minimum absolute atomic E-state index is 0.116. The lowest BCUT2D eigenvalue weighted by atomic mass is 9.42. The van der Waals surface area contributed by atoms with E-state index >= 15 is 0 Å². The van der Waals surface area contributed by atoms with Crippen molar-refractivity contribution in [3.63, 3.8) is 0 Å². The average molecular weight is 488 g/mol. The van der Waals surface area contributed by atoms with Gasteiger partial charge in [-0.2, -0.15) is 0 Å². The Morgan fingerprint density at radius 2 is 1.71 bits per heavy atom. The number of unbranched alkanes of at least 4 members (excludes halogenated alkanes) is 5. The topological polar surface area (TPSA) is 66.4 Å². The van der Waals surface area contributed by atoms with E-state index in [1.807, 2.05) is 0 Å². The van der Waals surface area contributed by atoms with Crippen molar-refractivity contribution in [1.82, 2.24) is 5.32 Å². The van der Waals surface area contributed by atoms with Crippen molar-refractivity contribution in [3.05, 3.63) is 0 Å². The molecule has 0 aromatic carbocycles. The van der Waals surface area contributed by atoms with Gasteiger partial charge in [-0.05, 0) is 91.8 Å². The highest BCUT2D eigenvalue weighted by Gasteiger charge is 2.62. The smallest absolute Gasteiger partial charge is 0.219 e. The van der Waals surface area contributed by atoms with Crippen LogP contribution in [0.4, 0.5) is 0 Å². The number of hydrogen-bond acceptors (Lipinski definition) is 3. The number of rotatable bonds is 11. The maximum Gasteiger partial charge on any atom is 0.219 e. The number of aliphatic hydroxyl groups excluding tert-OH is 1. The minimum atomic E-state index is -0.119. The van der Waals surface area contributed by atoms with Crippen molar-refractivity contribution in [2.45, 2.75) is 136 Å². The van der Waals surface area contributed by atoms with E-state index < -0.39 is 0 Å². The Bertz CT molecular complexity index is 737. The number of fused-ring (bicyclic) bond motifs is 5. The van der Waals surface area contributed by atoms with Crippen LogP contribution in [0.3, 0.4) is 0 Å². The molecule has 0 bridgehead atoms. The van der Waals surface area contributed by atoms with Crippen LogP contribution in [0, 0.1) is 40.4 Å². The summed E-state index contributed by atoms with van der Waals surface area (Å²) in [5.74, 6) is 4.18. The zero-order chi connectivity index (χ0) is 25.1. The zero-order valence-electron chi connectivity index (χ0n) is 23.0. The first kappa shape index (κ1) is 27.1. The summed E-state index contributed by atoms with van der Waals surface area (Å²) in [4.78, 5) is 24.3. The fourth-order valence-electron chi connectivity index (χ4n) is 9.21. The molecule has 0 radical (unpaired) electrons. The van der Waals surface area contributed by atoms with Crippen LogP contribution >= 0.6 is 0 Å². The van der Waals surface area contributed by atoms with E-state index in [2.05, 4.69) is 26.1 Å². The summed E-state index contributed by atoms with van der Waals surface area (Å²) in [5, 5.41) is 13.9. The Balaban J connectivity index is 1.31. The first-order chi connectivity index (χ1) is 16.8. The van der Waals surface area contributed by atoms with Gasteiger partial charge < -0.3 is 10.4 Å². The molecule has 0 heterocycles. The maximum atomic E-state index is 12.4. The lowest BCUT2D eigenvalue weighted by Gasteiger charge is -2.62. The maximum absolute atomic E-state index is 12.4. The third kappa shape index (κ3) is 5.68. The molecule has 1 amide bonds. The monoisotopic (exact) mass is 487 g/mol. The van der Waals surface area contributed by atoms with E-state index in [1.54, 1.807) is 0 Å². The molecule has 4 aliphatic carbocycles. The summed E-state index contributed by atoms with van der Waals surface area (Å²) in [6, 6.07) is 0. The standard InChI is InChI=1S/C31H53NO3/c1-4-5-19-32-28(35)12-10-8-6-7-9-11-22-20-23-21-24(33)15-17-30(23,2)26-16-18-31(3)25(29(22)26)13-14-27(31)34/h22-23,25-27,29,34H,4-21H2,1-3H3,(H,32,35)/t22?,23-,25-,26-,27-,29-,30-,31-/m0/s1. The molecule has 4 saturated carbocycles. The van der Waals surface area contributed by atoms with Crippen LogP contribution in [-0.4, -0.2) is 29.4 Å². The Morgan fingerprint density at radius 3 is 2.51 bits per heavy atom. The summed E-state index contributed by atoms with van der Waals surface area (Å²) in [6.07, 6.45) is 18.5. The molecule has 35 heavy (non-hydrogen) atoms. The molecule has 8 atom stereocenters. The van der Waals surface area contributed by atoms with Crippen LogP contribution < -0.4 is 5.32 Å². The van der Waals surface area contributed by atoms with E-state index in [0.717, 1.165) is 75.7 Å². The fourth-order valence-corrected chi connectivity index (χ4v) is 9.21. The van der Waals surface area contributed by atoms with Crippen molar-refractivity contribution in [3.8, 4) is 0 Å². The van der Waals surface area contributed by atoms with Gasteiger partial charge in [-0.1, -0.05) is 59.3 Å². The number of carbonyl (C=O) groups is 2. The fraction of sp³-hybridized carbons (Fsp3) is 0.935. The number of aliphatic hydroxyl groups is 1. The van der Waals surface area contributed by atoms with Crippen molar-refractivity contribution in [1.29, 1.82) is 0 Å². The van der Waals surface area contributed by atoms with Crippen LogP contribution in [0.5, 0.6) is 0 Å². The molecule has 4 rings (SSSR count). The van der Waals surface area contributed by atoms with Crippen molar-refractivity contribution >= 4 is 11.7 Å². The predicted molar refractivity (Wildman–Crippen MR) is 142 cm³/mol. The highest BCUT2D eigenvalue weighted by atomic mass is 16.3. The van der Waals surface area contributed by atoms with Crippen LogP contribution in [0.15, 0.2) is 0 Å². The summed E-state index contributed by atoms with van der Waals surface area (Å²) in [7, 11) is 0. The summed E-state index contributed by atoms with van der Waals surface area (Å²) in [6.45, 7) is 7.89. The number of amides is 1. The van der Waals surface area contributed by atoms with Crippen molar-refractivity contribution in [2.75, 3.05) is 6.54 Å². The summed E-state index contributed by atoms with van der Waals surface area (Å²) in [5.41, 5.74) is 0.451. The molecule has 0 aromatic rings. The van der Waals surface area contributed by atoms with E-state index in [4.69, 9.17) is 0 Å². The molecule has 4 nitrogen and oxygen atoms in total. The van der Waals surface area contributed by atoms with Crippen molar-refractivity contribution < 1.29 is 14.7 Å². The Kier molecular flexibility index (Phi) is 9.04. The third-order valence-corrected chi connectivity index (χ3v) is 11.4. The second-order valence-corrected chi connectivity index (χ2v) is 13.4. The first-order valence-electron chi connectivity index (χ1n) is 15.3. The second-order valence-electron chi connectivity index (χ2n) is 13.4. The van der Waals surface area contributed by atoms with Gasteiger partial charge in [-0.25, -0.2) is 0 Å². The summed E-state index contributed by atoms with van der Waals surface area (Å²) >= 11 is 0. The predicted octanol–water partition coefficient (Wildman–Crippen LogP) is 6.83. The lowest BCUT2D eigenvalue weighted by molar-refractivity contribution is -0.156. The SMILES string of the molecule is CCCCNC(=O)CCCCCCCC1C[C@H]2CC(=O)CC[C@]2(C)[C@H]2CC[C@]3(C)[C@@H](O)CC[C@H]3[C@H]12. The average Bonchev–Trinajstić information content (AvgIpc) is 3.13. The quantitative estimate of drug-likeness (QED) is 0.314. The molecule has 0 spiro atoms. The largest absolute Gasteiger partial charge is 0.393 e. The minimum Gasteiger partial charge on any atom is -0.393 e. The number of nitrogens with one attached hydrogen (secondary N) is 1. The van der Waals surface area contributed by atoms with E-state index in [-0.39, 0.29) is 17.4 Å². The number of carbonyl (C=O) groups excluding carboxylic acids is 2. The van der Waals surface area contributed by atoms with E-state index in [0.29, 0.717) is 29.5 Å². The van der Waals surface area contributed by atoms with Gasteiger partial charge in [-0.3, -0.25) is 9.59 Å². The molecule has 2 N–H and O–H groups in total. The molecule has 0 saturated heterocycles. The van der Waals surface area contributed by atoms with Gasteiger partial charge in [-0.15, -0.1) is 0 Å². The van der Waals surface area contributed by atoms with Crippen LogP contribution in [0.25, 0.3) is 0 Å². The third-order valence-electron chi connectivity index (χ3n) is 11.4. The van der Waals surface area contributed by atoms with Gasteiger partial charge in [0.05, 0.1) is 6.10 Å². The molecule has 4 heteroatoms. The van der Waals surface area contributed by atoms with Crippen LogP contribution in [0.2, 0.25) is 0 Å². The molecule has 200 valence electrons. The highest BCUT2D eigenvalue weighted by Crippen LogP contribution is 2.67. The molecule has 1 unspecified atom stereocenters. The van der Waals surface area contributed by atoms with E-state index in [9.17, 15) is 14.7 Å². The molecule has 0 aromatic heterocycles. The molecule has 4 aliphatic rings. The van der Waals surface area contributed by atoms with Crippen molar-refractivity contribution in [2.24, 2.45) is 40.4 Å². The van der Waals surface area contributed by atoms with Crippen LogP contribution in [0.1, 0.15) is 130 Å². The summed E-state index contributed by atoms with van der Waals surface area (Å²) < 4.78 is 0. The van der Waals surface area contributed by atoms with Crippen LogP contribution in [-0.2, 0) is 9.59 Å².